The maximum absolute atomic E-state index is 3.56. The summed E-state index contributed by atoms with van der Waals surface area (Å²) in [5.41, 5.74) is 1.42. The third-order valence-corrected chi connectivity index (χ3v) is 3.60. The molecule has 0 amide bonds. The molecule has 0 unspecified atom stereocenters. The lowest BCUT2D eigenvalue weighted by atomic mass is 9.90. The van der Waals surface area contributed by atoms with E-state index < -0.39 is 0 Å². The molecule has 16 heavy (non-hydrogen) atoms. The quantitative estimate of drug-likeness (QED) is 0.722. The molecule has 2 heteroatoms. The number of allylic oxidation sites excluding steroid dienone is 1. The van der Waals surface area contributed by atoms with Gasteiger partial charge in [-0.25, -0.2) is 0 Å². The molecule has 0 spiro atoms. The highest BCUT2D eigenvalue weighted by atomic mass is 15.1. The molecule has 0 atom stereocenters. The summed E-state index contributed by atoms with van der Waals surface area (Å²) in [7, 11) is 2.26. The van der Waals surface area contributed by atoms with Crippen LogP contribution in [0.4, 0.5) is 0 Å². The summed E-state index contributed by atoms with van der Waals surface area (Å²) >= 11 is 0. The van der Waals surface area contributed by atoms with E-state index in [4.69, 9.17) is 0 Å². The number of hydrogen-bond donors (Lipinski definition) is 1. The van der Waals surface area contributed by atoms with E-state index in [1.165, 1.54) is 31.3 Å². The highest BCUT2D eigenvalue weighted by Crippen LogP contribution is 2.22. The summed E-state index contributed by atoms with van der Waals surface area (Å²) in [5, 5.41) is 3.56. The van der Waals surface area contributed by atoms with Crippen LogP contribution in [-0.2, 0) is 0 Å². The van der Waals surface area contributed by atoms with Crippen molar-refractivity contribution in [3.05, 3.63) is 11.6 Å². The molecule has 0 aromatic rings. The molecule has 1 fully saturated rings. The first-order chi connectivity index (χ1) is 7.63. The molecule has 1 aliphatic carbocycles. The number of rotatable bonds is 5. The third kappa shape index (κ3) is 4.67. The zero-order chi connectivity index (χ0) is 12.0. The molecule has 2 nitrogen and oxygen atoms in total. The van der Waals surface area contributed by atoms with E-state index in [2.05, 4.69) is 44.1 Å². The lowest BCUT2D eigenvalue weighted by Gasteiger charge is -2.34. The lowest BCUT2D eigenvalue weighted by molar-refractivity contribution is 0.189. The first-order valence-corrected chi connectivity index (χ1v) is 6.70. The number of hydrogen-bond acceptors (Lipinski definition) is 2. The van der Waals surface area contributed by atoms with Crippen LogP contribution >= 0.6 is 0 Å². The maximum atomic E-state index is 3.56. The first kappa shape index (κ1) is 13.7. The van der Waals surface area contributed by atoms with Crippen molar-refractivity contribution in [3.8, 4) is 0 Å². The average molecular weight is 224 g/mol. The van der Waals surface area contributed by atoms with Crippen molar-refractivity contribution in [1.29, 1.82) is 0 Å². The van der Waals surface area contributed by atoms with Crippen LogP contribution in [0.5, 0.6) is 0 Å². The van der Waals surface area contributed by atoms with Gasteiger partial charge in [0.25, 0.3) is 0 Å². The minimum absolute atomic E-state index is 0.776. The Balaban J connectivity index is 2.27. The van der Waals surface area contributed by atoms with Gasteiger partial charge in [0.2, 0.25) is 0 Å². The smallest absolute Gasteiger partial charge is 0.0165 e. The molecule has 0 aromatic heterocycles. The Morgan fingerprint density at radius 2 is 1.88 bits per heavy atom. The molecule has 1 saturated carbocycles. The molecule has 1 aliphatic rings. The molecule has 0 bridgehead atoms. The zero-order valence-corrected chi connectivity index (χ0v) is 11.4. The molecular formula is C14H28N2. The summed E-state index contributed by atoms with van der Waals surface area (Å²) in [6, 6.07) is 1.57. The van der Waals surface area contributed by atoms with E-state index in [-0.39, 0.29) is 0 Å². The molecular weight excluding hydrogens is 196 g/mol. The second kappa shape index (κ2) is 7.08. The number of nitrogens with one attached hydrogen (secondary N) is 1. The van der Waals surface area contributed by atoms with E-state index >= 15 is 0 Å². The normalized spacial score (nSPS) is 25.8. The van der Waals surface area contributed by atoms with E-state index in [9.17, 15) is 0 Å². The Morgan fingerprint density at radius 1 is 1.25 bits per heavy atom. The van der Waals surface area contributed by atoms with Gasteiger partial charge in [0, 0.05) is 18.6 Å². The highest BCUT2D eigenvalue weighted by molar-refractivity contribution is 4.95. The lowest BCUT2D eigenvalue weighted by Crippen LogP contribution is -2.40. The zero-order valence-electron chi connectivity index (χ0n) is 11.4. The molecule has 1 N–H and O–H groups in total. The van der Waals surface area contributed by atoms with Crippen molar-refractivity contribution in [2.24, 2.45) is 0 Å². The van der Waals surface area contributed by atoms with Gasteiger partial charge in [-0.05, 0) is 53.1 Å². The first-order valence-electron chi connectivity index (χ1n) is 6.70. The van der Waals surface area contributed by atoms with Gasteiger partial charge in [0.1, 0.15) is 0 Å². The van der Waals surface area contributed by atoms with Gasteiger partial charge < -0.3 is 5.32 Å². The molecule has 0 aromatic carbocycles. The second-order valence-corrected chi connectivity index (χ2v) is 5.28. The summed E-state index contributed by atoms with van der Waals surface area (Å²) in [6.07, 6.45) is 7.72. The summed E-state index contributed by atoms with van der Waals surface area (Å²) in [4.78, 5) is 2.51. The molecule has 0 heterocycles. The Morgan fingerprint density at radius 3 is 2.38 bits per heavy atom. The molecule has 0 saturated heterocycles. The Hall–Kier alpha value is -0.340. The summed E-state index contributed by atoms with van der Waals surface area (Å²) in [6.45, 7) is 8.78. The fourth-order valence-electron chi connectivity index (χ4n) is 2.49. The Labute approximate surface area is 101 Å². The van der Waals surface area contributed by atoms with Crippen molar-refractivity contribution >= 4 is 0 Å². The van der Waals surface area contributed by atoms with E-state index in [0.29, 0.717) is 0 Å². The van der Waals surface area contributed by atoms with Crippen molar-refractivity contribution in [1.82, 2.24) is 10.2 Å². The summed E-state index contributed by atoms with van der Waals surface area (Å²) in [5.74, 6) is 0. The standard InChI is InChI=1S/C14H28N2/c1-5-15-13-6-8-14(9-7-13)16(4)11-10-12(2)3/h10,13-15H,5-9,11H2,1-4H3. The predicted octanol–water partition coefficient (Wildman–Crippen LogP) is 2.81. The van der Waals surface area contributed by atoms with Gasteiger partial charge in [-0.2, -0.15) is 0 Å². The maximum Gasteiger partial charge on any atom is 0.0165 e. The SMILES string of the molecule is CCNC1CCC(N(C)CC=C(C)C)CC1. The van der Waals surface area contributed by atoms with Gasteiger partial charge in [-0.3, -0.25) is 4.90 Å². The number of likely N-dealkylation sites (N-methyl/N-ethyl adjacent to an activating group) is 1. The van der Waals surface area contributed by atoms with Crippen LogP contribution < -0.4 is 5.32 Å². The van der Waals surface area contributed by atoms with E-state index in [1.54, 1.807) is 0 Å². The predicted molar refractivity (Wildman–Crippen MR) is 71.8 cm³/mol. The Kier molecular flexibility index (Phi) is 6.07. The number of nitrogens with zero attached hydrogens (tertiary/aromatic N) is 1. The topological polar surface area (TPSA) is 15.3 Å². The van der Waals surface area contributed by atoms with Crippen molar-refractivity contribution < 1.29 is 0 Å². The highest BCUT2D eigenvalue weighted by Gasteiger charge is 2.22. The van der Waals surface area contributed by atoms with Gasteiger partial charge in [-0.1, -0.05) is 18.6 Å². The van der Waals surface area contributed by atoms with Crippen LogP contribution in [0.2, 0.25) is 0 Å². The molecule has 0 radical (unpaired) electrons. The van der Waals surface area contributed by atoms with Crippen LogP contribution in [-0.4, -0.2) is 37.1 Å². The van der Waals surface area contributed by atoms with Crippen LogP contribution in [0.15, 0.2) is 11.6 Å². The second-order valence-electron chi connectivity index (χ2n) is 5.28. The molecule has 0 aliphatic heterocycles. The van der Waals surface area contributed by atoms with E-state index in [0.717, 1.165) is 25.2 Å². The minimum atomic E-state index is 0.776. The average Bonchev–Trinajstić information content (AvgIpc) is 2.27. The van der Waals surface area contributed by atoms with Crippen LogP contribution in [0.1, 0.15) is 46.5 Å². The van der Waals surface area contributed by atoms with Gasteiger partial charge in [0.05, 0.1) is 0 Å². The monoisotopic (exact) mass is 224 g/mol. The fourth-order valence-corrected chi connectivity index (χ4v) is 2.49. The molecule has 94 valence electrons. The van der Waals surface area contributed by atoms with Gasteiger partial charge in [0.15, 0.2) is 0 Å². The molecule has 1 rings (SSSR count). The van der Waals surface area contributed by atoms with Crippen molar-refractivity contribution in [2.75, 3.05) is 20.1 Å². The van der Waals surface area contributed by atoms with Crippen molar-refractivity contribution in [3.63, 3.8) is 0 Å². The minimum Gasteiger partial charge on any atom is -0.314 e. The van der Waals surface area contributed by atoms with Gasteiger partial charge in [-0.15, -0.1) is 0 Å². The van der Waals surface area contributed by atoms with Crippen LogP contribution in [0, 0.1) is 0 Å². The van der Waals surface area contributed by atoms with Crippen LogP contribution in [0.3, 0.4) is 0 Å². The fraction of sp³-hybridized carbons (Fsp3) is 0.857. The third-order valence-electron chi connectivity index (χ3n) is 3.60. The largest absolute Gasteiger partial charge is 0.314 e. The van der Waals surface area contributed by atoms with Gasteiger partial charge >= 0.3 is 0 Å². The van der Waals surface area contributed by atoms with Crippen molar-refractivity contribution in [2.45, 2.75) is 58.5 Å². The summed E-state index contributed by atoms with van der Waals surface area (Å²) < 4.78 is 0. The van der Waals surface area contributed by atoms with Crippen LogP contribution in [0.25, 0.3) is 0 Å². The Bertz CT molecular complexity index is 211. The van der Waals surface area contributed by atoms with E-state index in [1.807, 2.05) is 0 Å².